The molecule has 3 aliphatic heterocycles. The number of hydrogen-bond donors (Lipinski definition) is 2. The van der Waals surface area contributed by atoms with E-state index in [4.69, 9.17) is 12.2 Å². The van der Waals surface area contributed by atoms with Gasteiger partial charge in [-0.2, -0.15) is 0 Å². The Morgan fingerprint density at radius 1 is 1.12 bits per heavy atom. The summed E-state index contributed by atoms with van der Waals surface area (Å²) >= 11 is 5.88. The molecule has 6 rings (SSSR count). The van der Waals surface area contributed by atoms with E-state index in [0.29, 0.717) is 23.0 Å². The quantitative estimate of drug-likeness (QED) is 0.349. The lowest BCUT2D eigenvalue weighted by molar-refractivity contribution is 0.00443. The van der Waals surface area contributed by atoms with Crippen LogP contribution in [0.4, 0.5) is 5.69 Å². The van der Waals surface area contributed by atoms with Gasteiger partial charge in [0.05, 0.1) is 11.6 Å². The second-order valence-corrected chi connectivity index (χ2v) is 10.5. The van der Waals surface area contributed by atoms with E-state index >= 15 is 0 Å². The minimum Gasteiger partial charge on any atom is -0.354 e. The first-order valence-electron chi connectivity index (χ1n) is 12.3. The molecule has 5 atom stereocenters. The van der Waals surface area contributed by atoms with Crippen molar-refractivity contribution < 1.29 is 0 Å². The number of aryl methyl sites for hydroxylation is 3. The molecule has 0 radical (unpaired) electrons. The zero-order chi connectivity index (χ0) is 23.8. The smallest absolute Gasteiger partial charge is 0.171 e. The van der Waals surface area contributed by atoms with Gasteiger partial charge < -0.3 is 10.6 Å². The zero-order valence-corrected chi connectivity index (χ0v) is 21.2. The van der Waals surface area contributed by atoms with Gasteiger partial charge in [-0.3, -0.25) is 9.88 Å². The van der Waals surface area contributed by atoms with E-state index in [9.17, 15) is 0 Å². The topological polar surface area (TPSA) is 40.2 Å². The van der Waals surface area contributed by atoms with Gasteiger partial charge in [0.2, 0.25) is 0 Å². The van der Waals surface area contributed by atoms with Gasteiger partial charge in [-0.1, -0.05) is 23.8 Å². The molecule has 2 aromatic carbocycles. The fraction of sp³-hybridized carbons (Fsp3) is 0.379. The highest BCUT2D eigenvalue weighted by molar-refractivity contribution is 7.80. The zero-order valence-electron chi connectivity index (χ0n) is 20.3. The molecule has 2 N–H and O–H groups in total. The van der Waals surface area contributed by atoms with Crippen molar-refractivity contribution in [2.75, 3.05) is 18.4 Å². The van der Waals surface area contributed by atoms with Crippen LogP contribution in [0.15, 0.2) is 61.3 Å². The van der Waals surface area contributed by atoms with Crippen molar-refractivity contribution in [3.8, 4) is 0 Å². The summed E-state index contributed by atoms with van der Waals surface area (Å²) in [6, 6.07) is 15.6. The van der Waals surface area contributed by atoms with Crippen LogP contribution in [0.3, 0.4) is 0 Å². The highest BCUT2D eigenvalue weighted by Gasteiger charge is 2.43. The number of rotatable bonds is 5. The van der Waals surface area contributed by atoms with Crippen molar-refractivity contribution in [3.05, 3.63) is 83.6 Å². The molecular formula is C29H34N4S. The number of benzene rings is 2. The lowest BCUT2D eigenvalue weighted by atomic mass is 9.73. The van der Waals surface area contributed by atoms with E-state index < -0.39 is 0 Å². The van der Waals surface area contributed by atoms with E-state index in [1.807, 2.05) is 6.20 Å². The highest BCUT2D eigenvalue weighted by Crippen LogP contribution is 2.42. The summed E-state index contributed by atoms with van der Waals surface area (Å²) in [5, 5.41) is 9.07. The Hall–Kier alpha value is -2.76. The van der Waals surface area contributed by atoms with Gasteiger partial charge in [-0.25, -0.2) is 0 Å². The molecule has 3 aliphatic rings. The molecule has 1 aromatic heterocycles. The van der Waals surface area contributed by atoms with Crippen LogP contribution in [-0.4, -0.2) is 34.1 Å². The predicted octanol–water partition coefficient (Wildman–Crippen LogP) is 6.08. The Labute approximate surface area is 208 Å². The number of anilines is 1. The van der Waals surface area contributed by atoms with Crippen LogP contribution in [0, 0.1) is 32.6 Å². The first kappa shape index (κ1) is 23.0. The van der Waals surface area contributed by atoms with Gasteiger partial charge in [0, 0.05) is 29.9 Å². The third-order valence-electron chi connectivity index (χ3n) is 7.57. The molecule has 3 fully saturated rings. The van der Waals surface area contributed by atoms with Crippen LogP contribution in [0.2, 0.25) is 0 Å². The minimum atomic E-state index is 0.0757. The molecule has 4 nitrogen and oxygen atoms in total. The standard InChI is InChI=1S/C29H34N4S/c1-5-21-17-33-11-9-22(21)16-27(33)28(24-8-10-30-26-7-6-18(2)15-25(24)26)32-29(34)31-23-13-19(3)12-20(4)14-23/h5-8,10,12-15,21-22,27-28H,1,9,11,16-17H2,2-4H3,(H2,31,32,34)/t21?,22?,27?,28-/m0/s1. The van der Waals surface area contributed by atoms with Crippen LogP contribution in [0.25, 0.3) is 10.9 Å². The SMILES string of the molecule is C=CC1CN2CCC1CC2[C@@H](NC(=S)Nc1cc(C)cc(C)c1)c1ccnc2ccc(C)cc12. The summed E-state index contributed by atoms with van der Waals surface area (Å²) in [5.41, 5.74) is 7.02. The number of fused-ring (bicyclic) bond motifs is 4. The molecule has 4 unspecified atom stereocenters. The van der Waals surface area contributed by atoms with Crippen molar-refractivity contribution >= 4 is 33.9 Å². The van der Waals surface area contributed by atoms with Crippen molar-refractivity contribution in [3.63, 3.8) is 0 Å². The summed E-state index contributed by atoms with van der Waals surface area (Å²) in [5.74, 6) is 1.27. The largest absolute Gasteiger partial charge is 0.354 e. The lowest BCUT2D eigenvalue weighted by Crippen LogP contribution is -2.57. The van der Waals surface area contributed by atoms with Crippen LogP contribution >= 0.6 is 12.2 Å². The molecule has 3 aromatic rings. The Morgan fingerprint density at radius 3 is 2.62 bits per heavy atom. The van der Waals surface area contributed by atoms with Gasteiger partial charge in [-0.15, -0.1) is 6.58 Å². The van der Waals surface area contributed by atoms with E-state index in [0.717, 1.165) is 30.7 Å². The molecule has 0 amide bonds. The number of hydrogen-bond acceptors (Lipinski definition) is 3. The molecular weight excluding hydrogens is 436 g/mol. The summed E-state index contributed by atoms with van der Waals surface area (Å²) in [6.07, 6.45) is 6.50. The number of pyridine rings is 1. The van der Waals surface area contributed by atoms with Gasteiger partial charge >= 0.3 is 0 Å². The highest BCUT2D eigenvalue weighted by atomic mass is 32.1. The van der Waals surface area contributed by atoms with Crippen molar-refractivity contribution in [2.45, 2.75) is 45.7 Å². The molecule has 2 bridgehead atoms. The van der Waals surface area contributed by atoms with E-state index in [1.54, 1.807) is 0 Å². The van der Waals surface area contributed by atoms with E-state index in [-0.39, 0.29) is 6.04 Å². The molecule has 5 heteroatoms. The normalized spacial score (nSPS) is 24.6. The van der Waals surface area contributed by atoms with Crippen molar-refractivity contribution in [1.82, 2.24) is 15.2 Å². The number of nitrogens with one attached hydrogen (secondary N) is 2. The number of thiocarbonyl (C=S) groups is 1. The number of aromatic nitrogens is 1. The third kappa shape index (κ3) is 4.59. The molecule has 176 valence electrons. The fourth-order valence-electron chi connectivity index (χ4n) is 6.01. The molecule has 34 heavy (non-hydrogen) atoms. The second-order valence-electron chi connectivity index (χ2n) is 10.1. The van der Waals surface area contributed by atoms with Gasteiger partial charge in [0.25, 0.3) is 0 Å². The number of nitrogens with zero attached hydrogens (tertiary/aromatic N) is 2. The molecule has 3 saturated heterocycles. The summed E-state index contributed by atoms with van der Waals surface area (Å²) in [4.78, 5) is 7.29. The van der Waals surface area contributed by atoms with Gasteiger partial charge in [-0.05, 0) is 111 Å². The van der Waals surface area contributed by atoms with Crippen molar-refractivity contribution in [2.24, 2.45) is 11.8 Å². The molecule has 4 heterocycles. The Morgan fingerprint density at radius 2 is 1.91 bits per heavy atom. The summed E-state index contributed by atoms with van der Waals surface area (Å²) in [6.45, 7) is 12.7. The minimum absolute atomic E-state index is 0.0757. The first-order chi connectivity index (χ1) is 16.4. The van der Waals surface area contributed by atoms with Crippen molar-refractivity contribution in [1.29, 1.82) is 0 Å². The van der Waals surface area contributed by atoms with Crippen LogP contribution in [0.1, 0.15) is 41.1 Å². The second kappa shape index (κ2) is 9.47. The van der Waals surface area contributed by atoms with Gasteiger partial charge in [0.1, 0.15) is 0 Å². The Balaban J connectivity index is 1.50. The average molecular weight is 471 g/mol. The molecule has 0 saturated carbocycles. The molecule has 0 aliphatic carbocycles. The van der Waals surface area contributed by atoms with Crippen LogP contribution in [0.5, 0.6) is 0 Å². The lowest BCUT2D eigenvalue weighted by Gasteiger charge is -2.52. The first-order valence-corrected chi connectivity index (χ1v) is 12.7. The monoisotopic (exact) mass is 470 g/mol. The summed E-state index contributed by atoms with van der Waals surface area (Å²) in [7, 11) is 0. The van der Waals surface area contributed by atoms with Crippen LogP contribution < -0.4 is 10.6 Å². The maximum atomic E-state index is 5.88. The third-order valence-corrected chi connectivity index (χ3v) is 7.79. The maximum absolute atomic E-state index is 5.88. The Kier molecular flexibility index (Phi) is 6.41. The number of piperidine rings is 3. The summed E-state index contributed by atoms with van der Waals surface area (Å²) < 4.78 is 0. The average Bonchev–Trinajstić information content (AvgIpc) is 2.81. The van der Waals surface area contributed by atoms with Crippen LogP contribution in [-0.2, 0) is 0 Å². The molecule has 0 spiro atoms. The van der Waals surface area contributed by atoms with E-state index in [2.05, 4.69) is 96.4 Å². The Bertz CT molecular complexity index is 1220. The fourth-order valence-corrected chi connectivity index (χ4v) is 6.26. The predicted molar refractivity (Wildman–Crippen MR) is 146 cm³/mol. The van der Waals surface area contributed by atoms with E-state index in [1.165, 1.54) is 34.1 Å². The van der Waals surface area contributed by atoms with Gasteiger partial charge in [0.15, 0.2) is 5.11 Å². The maximum Gasteiger partial charge on any atom is 0.171 e.